The number of hydrogen-bond acceptors (Lipinski definition) is 4. The zero-order valence-electron chi connectivity index (χ0n) is 9.63. The summed E-state index contributed by atoms with van der Waals surface area (Å²) in [4.78, 5) is 26.6. The molecule has 0 saturated carbocycles. The summed E-state index contributed by atoms with van der Waals surface area (Å²) < 4.78 is 4.54. The average Bonchev–Trinajstić information content (AvgIpc) is 2.68. The fourth-order valence-electron chi connectivity index (χ4n) is 2.21. The van der Waals surface area contributed by atoms with Crippen molar-refractivity contribution < 1.29 is 14.3 Å². The van der Waals surface area contributed by atoms with Crippen LogP contribution in [0.2, 0.25) is 0 Å². The number of hydrogen-bond donors (Lipinski definition) is 0. The molecule has 1 saturated heterocycles. The van der Waals surface area contributed by atoms with Crippen LogP contribution in [0.25, 0.3) is 10.9 Å². The molecule has 1 atom stereocenters. The van der Waals surface area contributed by atoms with Crippen LogP contribution in [0.1, 0.15) is 12.0 Å². The SMILES string of the molecule is O=C1CC(Cc2ccc3ncccc3c2)C(=O)O1. The Kier molecular flexibility index (Phi) is 2.55. The molecule has 18 heavy (non-hydrogen) atoms. The van der Waals surface area contributed by atoms with Crippen molar-refractivity contribution in [2.24, 2.45) is 5.92 Å². The van der Waals surface area contributed by atoms with Gasteiger partial charge in [-0.05, 0) is 30.2 Å². The molecule has 1 aliphatic heterocycles. The first-order valence-electron chi connectivity index (χ1n) is 5.80. The molecule has 4 nitrogen and oxygen atoms in total. The highest BCUT2D eigenvalue weighted by Gasteiger charge is 2.33. The Morgan fingerprint density at radius 2 is 2.17 bits per heavy atom. The lowest BCUT2D eigenvalue weighted by Crippen LogP contribution is -2.10. The fourth-order valence-corrected chi connectivity index (χ4v) is 2.21. The maximum atomic E-state index is 11.4. The molecule has 0 N–H and O–H groups in total. The Labute approximate surface area is 104 Å². The minimum Gasteiger partial charge on any atom is -0.393 e. The van der Waals surface area contributed by atoms with E-state index in [1.165, 1.54) is 0 Å². The van der Waals surface area contributed by atoms with Gasteiger partial charge in [-0.2, -0.15) is 0 Å². The molecule has 3 rings (SSSR count). The summed E-state index contributed by atoms with van der Waals surface area (Å²) in [6.07, 6.45) is 2.47. The molecule has 1 aromatic heterocycles. The van der Waals surface area contributed by atoms with E-state index in [1.54, 1.807) is 6.20 Å². The van der Waals surface area contributed by atoms with Crippen LogP contribution in [0.3, 0.4) is 0 Å². The third-order valence-corrected chi connectivity index (χ3v) is 3.11. The summed E-state index contributed by atoms with van der Waals surface area (Å²) in [5, 5.41) is 1.03. The van der Waals surface area contributed by atoms with E-state index >= 15 is 0 Å². The summed E-state index contributed by atoms with van der Waals surface area (Å²) in [7, 11) is 0. The van der Waals surface area contributed by atoms with Crippen LogP contribution in [-0.2, 0) is 20.7 Å². The monoisotopic (exact) mass is 241 g/mol. The Bertz CT molecular complexity index is 636. The lowest BCUT2D eigenvalue weighted by atomic mass is 9.97. The number of carbonyl (C=O) groups excluding carboxylic acids is 2. The van der Waals surface area contributed by atoms with Gasteiger partial charge in [0.05, 0.1) is 17.9 Å². The smallest absolute Gasteiger partial charge is 0.317 e. The van der Waals surface area contributed by atoms with Crippen molar-refractivity contribution in [1.82, 2.24) is 4.98 Å². The second-order valence-electron chi connectivity index (χ2n) is 4.43. The molecule has 0 aliphatic carbocycles. The van der Waals surface area contributed by atoms with Gasteiger partial charge in [0, 0.05) is 11.6 Å². The molecular formula is C14H11NO3. The van der Waals surface area contributed by atoms with Gasteiger partial charge < -0.3 is 4.74 Å². The molecule has 0 spiro atoms. The van der Waals surface area contributed by atoms with E-state index in [0.29, 0.717) is 6.42 Å². The Hall–Kier alpha value is -2.23. The summed E-state index contributed by atoms with van der Waals surface area (Å²) in [6, 6.07) is 9.71. The van der Waals surface area contributed by atoms with Crippen molar-refractivity contribution >= 4 is 22.8 Å². The first kappa shape index (κ1) is 10.9. The number of benzene rings is 1. The first-order valence-corrected chi connectivity index (χ1v) is 5.80. The van der Waals surface area contributed by atoms with Crippen LogP contribution in [0.5, 0.6) is 0 Å². The number of ether oxygens (including phenoxy) is 1. The Morgan fingerprint density at radius 1 is 1.28 bits per heavy atom. The standard InChI is InChI=1S/C14H11NO3/c16-13-8-11(14(17)18-13)7-9-3-4-12-10(6-9)2-1-5-15-12/h1-6,11H,7-8H2. The highest BCUT2D eigenvalue weighted by molar-refractivity contribution is 5.94. The van der Waals surface area contributed by atoms with E-state index in [1.807, 2.05) is 30.3 Å². The van der Waals surface area contributed by atoms with Crippen LogP contribution in [0.15, 0.2) is 36.5 Å². The zero-order valence-corrected chi connectivity index (χ0v) is 9.63. The van der Waals surface area contributed by atoms with Gasteiger partial charge in [0.2, 0.25) is 0 Å². The minimum atomic E-state index is -0.424. The molecule has 1 aromatic carbocycles. The van der Waals surface area contributed by atoms with Gasteiger partial charge in [-0.25, -0.2) is 0 Å². The quantitative estimate of drug-likeness (QED) is 0.595. The number of pyridine rings is 1. The molecule has 1 fully saturated rings. The average molecular weight is 241 g/mol. The summed E-state index contributed by atoms with van der Waals surface area (Å²) in [5.41, 5.74) is 1.94. The lowest BCUT2D eigenvalue weighted by molar-refractivity contribution is -0.153. The largest absolute Gasteiger partial charge is 0.393 e. The predicted octanol–water partition coefficient (Wildman–Crippen LogP) is 1.87. The van der Waals surface area contributed by atoms with Crippen LogP contribution in [0.4, 0.5) is 0 Å². The second kappa shape index (κ2) is 4.22. The van der Waals surface area contributed by atoms with Gasteiger partial charge >= 0.3 is 11.9 Å². The van der Waals surface area contributed by atoms with Gasteiger partial charge in [0.25, 0.3) is 0 Å². The maximum absolute atomic E-state index is 11.4. The Morgan fingerprint density at radius 3 is 2.94 bits per heavy atom. The summed E-state index contributed by atoms with van der Waals surface area (Å²) in [5.74, 6) is -1.18. The number of aromatic nitrogens is 1. The van der Waals surface area contributed by atoms with Gasteiger partial charge in [0.15, 0.2) is 0 Å². The molecule has 0 bridgehead atoms. The molecule has 1 aliphatic rings. The number of nitrogens with zero attached hydrogens (tertiary/aromatic N) is 1. The second-order valence-corrected chi connectivity index (χ2v) is 4.43. The predicted molar refractivity (Wildman–Crippen MR) is 64.7 cm³/mol. The highest BCUT2D eigenvalue weighted by atomic mass is 16.6. The highest BCUT2D eigenvalue weighted by Crippen LogP contribution is 2.22. The molecule has 0 amide bonds. The van der Waals surface area contributed by atoms with Crippen LogP contribution < -0.4 is 0 Å². The van der Waals surface area contributed by atoms with E-state index in [9.17, 15) is 9.59 Å². The molecule has 2 heterocycles. The zero-order chi connectivity index (χ0) is 12.5. The molecule has 2 aromatic rings. The molecule has 4 heteroatoms. The van der Waals surface area contributed by atoms with Crippen molar-refractivity contribution in [2.45, 2.75) is 12.8 Å². The van der Waals surface area contributed by atoms with Crippen LogP contribution in [0, 0.1) is 5.92 Å². The van der Waals surface area contributed by atoms with Crippen LogP contribution >= 0.6 is 0 Å². The summed E-state index contributed by atoms with van der Waals surface area (Å²) in [6.45, 7) is 0. The van der Waals surface area contributed by atoms with Gasteiger partial charge in [-0.15, -0.1) is 0 Å². The molecule has 1 unspecified atom stereocenters. The molecular weight excluding hydrogens is 230 g/mol. The maximum Gasteiger partial charge on any atom is 0.317 e. The van der Waals surface area contributed by atoms with Crippen molar-refractivity contribution in [3.05, 3.63) is 42.1 Å². The van der Waals surface area contributed by atoms with Crippen LogP contribution in [-0.4, -0.2) is 16.9 Å². The van der Waals surface area contributed by atoms with E-state index in [4.69, 9.17) is 0 Å². The lowest BCUT2D eigenvalue weighted by Gasteiger charge is -2.05. The minimum absolute atomic E-state index is 0.184. The number of fused-ring (bicyclic) bond motifs is 1. The molecule has 90 valence electrons. The van der Waals surface area contributed by atoms with Crippen molar-refractivity contribution in [2.75, 3.05) is 0 Å². The van der Waals surface area contributed by atoms with Gasteiger partial charge in [-0.3, -0.25) is 14.6 Å². The van der Waals surface area contributed by atoms with E-state index < -0.39 is 11.9 Å². The number of esters is 2. The third kappa shape index (κ3) is 1.97. The van der Waals surface area contributed by atoms with E-state index in [-0.39, 0.29) is 12.3 Å². The number of carbonyl (C=O) groups is 2. The van der Waals surface area contributed by atoms with E-state index in [0.717, 1.165) is 16.5 Å². The van der Waals surface area contributed by atoms with Gasteiger partial charge in [0.1, 0.15) is 0 Å². The van der Waals surface area contributed by atoms with E-state index in [2.05, 4.69) is 9.72 Å². The Balaban J connectivity index is 1.87. The number of cyclic esters (lactones) is 2. The van der Waals surface area contributed by atoms with Gasteiger partial charge in [-0.1, -0.05) is 12.1 Å². The summed E-state index contributed by atoms with van der Waals surface area (Å²) >= 11 is 0. The van der Waals surface area contributed by atoms with Crippen molar-refractivity contribution in [1.29, 1.82) is 0 Å². The third-order valence-electron chi connectivity index (χ3n) is 3.11. The number of rotatable bonds is 2. The fraction of sp³-hybridized carbons (Fsp3) is 0.214. The van der Waals surface area contributed by atoms with Crippen molar-refractivity contribution in [3.8, 4) is 0 Å². The van der Waals surface area contributed by atoms with Crippen molar-refractivity contribution in [3.63, 3.8) is 0 Å². The normalized spacial score (nSPS) is 19.2. The molecule has 0 radical (unpaired) electrons. The topological polar surface area (TPSA) is 56.3 Å². The first-order chi connectivity index (χ1) is 8.72.